The van der Waals surface area contributed by atoms with Gasteiger partial charge in [-0.25, -0.2) is 14.2 Å². The fourth-order valence-electron chi connectivity index (χ4n) is 2.60. The summed E-state index contributed by atoms with van der Waals surface area (Å²) in [7, 11) is 3.64. The van der Waals surface area contributed by atoms with Gasteiger partial charge in [-0.1, -0.05) is 0 Å². The summed E-state index contributed by atoms with van der Waals surface area (Å²) in [4.78, 5) is 34.2. The van der Waals surface area contributed by atoms with Gasteiger partial charge in [0.25, 0.3) is 0 Å². The number of anilines is 2. The molecule has 138 valence electrons. The first-order valence-electron chi connectivity index (χ1n) is 8.01. The van der Waals surface area contributed by atoms with Gasteiger partial charge in [-0.05, 0) is 6.07 Å². The largest absolute Gasteiger partial charge is 0.481 e. The van der Waals surface area contributed by atoms with Gasteiger partial charge in [0.1, 0.15) is 12.0 Å². The van der Waals surface area contributed by atoms with Gasteiger partial charge in [0.15, 0.2) is 0 Å². The Morgan fingerprint density at radius 1 is 1.44 bits per heavy atom. The number of nitrogens with zero attached hydrogens (tertiary/aromatic N) is 4. The summed E-state index contributed by atoms with van der Waals surface area (Å²) in [6.07, 6.45) is 0.756. The monoisotopic (exact) mass is 354 g/mol. The highest BCUT2D eigenvalue weighted by Gasteiger charge is 2.33. The molecule has 2 atom stereocenters. The molecule has 0 aromatic carbocycles. The van der Waals surface area contributed by atoms with Crippen LogP contribution in [-0.4, -0.2) is 73.0 Å². The molecule has 0 bridgehead atoms. The van der Waals surface area contributed by atoms with Crippen molar-refractivity contribution in [3.8, 4) is 0 Å². The van der Waals surface area contributed by atoms with Gasteiger partial charge in [0, 0.05) is 39.8 Å². The maximum Gasteiger partial charge on any atom is 0.314 e. The first-order valence-corrected chi connectivity index (χ1v) is 8.01. The van der Waals surface area contributed by atoms with Crippen LogP contribution in [0.1, 0.15) is 12.8 Å². The van der Waals surface area contributed by atoms with Crippen LogP contribution in [0.3, 0.4) is 0 Å². The fourth-order valence-corrected chi connectivity index (χ4v) is 2.60. The predicted octanol–water partition coefficient (Wildman–Crippen LogP) is 0.233. The SMILES string of the molecule is CN(C)c1nccc(N2C[C@@H](F)C[C@H]2CNC(=O)NCCC(=O)O)n1. The lowest BCUT2D eigenvalue weighted by Gasteiger charge is -2.26. The van der Waals surface area contributed by atoms with Crippen molar-refractivity contribution in [2.45, 2.75) is 25.1 Å². The zero-order chi connectivity index (χ0) is 18.4. The summed E-state index contributed by atoms with van der Waals surface area (Å²) in [5, 5.41) is 13.6. The normalized spacial score (nSPS) is 19.6. The Hall–Kier alpha value is -2.65. The van der Waals surface area contributed by atoms with Gasteiger partial charge in [0.05, 0.1) is 19.0 Å². The topological polar surface area (TPSA) is 111 Å². The number of carbonyl (C=O) groups excluding carboxylic acids is 1. The van der Waals surface area contributed by atoms with Crippen LogP contribution < -0.4 is 20.4 Å². The highest BCUT2D eigenvalue weighted by atomic mass is 19.1. The number of hydrogen-bond donors (Lipinski definition) is 3. The Kier molecular flexibility index (Phi) is 6.31. The molecule has 2 amide bonds. The van der Waals surface area contributed by atoms with Gasteiger partial charge < -0.3 is 25.5 Å². The van der Waals surface area contributed by atoms with Gasteiger partial charge >= 0.3 is 12.0 Å². The number of carbonyl (C=O) groups is 2. The van der Waals surface area contributed by atoms with Crippen molar-refractivity contribution < 1.29 is 19.1 Å². The van der Waals surface area contributed by atoms with E-state index in [0.29, 0.717) is 11.8 Å². The first kappa shape index (κ1) is 18.7. The van der Waals surface area contributed by atoms with Crippen LogP contribution in [0.2, 0.25) is 0 Å². The average molecular weight is 354 g/mol. The zero-order valence-electron chi connectivity index (χ0n) is 14.3. The Morgan fingerprint density at radius 3 is 2.88 bits per heavy atom. The Bertz CT molecular complexity index is 615. The molecule has 1 aromatic heterocycles. The minimum Gasteiger partial charge on any atom is -0.481 e. The van der Waals surface area contributed by atoms with E-state index in [2.05, 4.69) is 20.6 Å². The van der Waals surface area contributed by atoms with E-state index in [1.54, 1.807) is 17.2 Å². The van der Waals surface area contributed by atoms with E-state index < -0.39 is 18.2 Å². The van der Waals surface area contributed by atoms with Crippen molar-refractivity contribution in [1.29, 1.82) is 0 Å². The smallest absolute Gasteiger partial charge is 0.314 e. The maximum atomic E-state index is 13.9. The number of hydrogen-bond acceptors (Lipinski definition) is 6. The van der Waals surface area contributed by atoms with Crippen molar-refractivity contribution >= 4 is 23.8 Å². The lowest BCUT2D eigenvalue weighted by atomic mass is 10.2. The van der Waals surface area contributed by atoms with Crippen molar-refractivity contribution in [2.75, 3.05) is 43.5 Å². The van der Waals surface area contributed by atoms with E-state index in [9.17, 15) is 14.0 Å². The number of alkyl halides is 1. The molecule has 1 aliphatic heterocycles. The van der Waals surface area contributed by atoms with Crippen molar-refractivity contribution in [3.05, 3.63) is 12.3 Å². The molecular formula is C15H23FN6O3. The highest BCUT2D eigenvalue weighted by Crippen LogP contribution is 2.26. The number of rotatable bonds is 7. The van der Waals surface area contributed by atoms with Crippen LogP contribution in [0.4, 0.5) is 21.0 Å². The second kappa shape index (κ2) is 8.45. The van der Waals surface area contributed by atoms with Gasteiger partial charge in [-0.2, -0.15) is 4.98 Å². The van der Waals surface area contributed by atoms with E-state index >= 15 is 0 Å². The van der Waals surface area contributed by atoms with E-state index in [-0.39, 0.29) is 38.5 Å². The third kappa shape index (κ3) is 5.44. The predicted molar refractivity (Wildman–Crippen MR) is 90.7 cm³/mol. The van der Waals surface area contributed by atoms with Crippen LogP contribution in [0.5, 0.6) is 0 Å². The Labute approximate surface area is 145 Å². The van der Waals surface area contributed by atoms with Crippen LogP contribution in [0.25, 0.3) is 0 Å². The zero-order valence-corrected chi connectivity index (χ0v) is 14.3. The van der Waals surface area contributed by atoms with Crippen LogP contribution in [0.15, 0.2) is 12.3 Å². The number of halogens is 1. The summed E-state index contributed by atoms with van der Waals surface area (Å²) in [5.74, 6) is 0.151. The molecule has 1 aromatic rings. The van der Waals surface area contributed by atoms with E-state index in [0.717, 1.165) is 0 Å². The third-order valence-corrected chi connectivity index (χ3v) is 3.81. The molecule has 10 heteroatoms. The second-order valence-electron chi connectivity index (χ2n) is 6.03. The summed E-state index contributed by atoms with van der Waals surface area (Å²) >= 11 is 0. The molecular weight excluding hydrogens is 331 g/mol. The number of aliphatic carboxylic acids is 1. The number of carboxylic acid groups (broad SMARTS) is 1. The number of carboxylic acids is 1. The molecule has 0 saturated carbocycles. The minimum atomic E-state index is -1.00. The number of amides is 2. The summed E-state index contributed by atoms with van der Waals surface area (Å²) < 4.78 is 13.9. The molecule has 9 nitrogen and oxygen atoms in total. The Morgan fingerprint density at radius 2 is 2.20 bits per heavy atom. The number of aromatic nitrogens is 2. The van der Waals surface area contributed by atoms with Crippen molar-refractivity contribution in [3.63, 3.8) is 0 Å². The van der Waals surface area contributed by atoms with Gasteiger partial charge in [-0.3, -0.25) is 4.79 Å². The van der Waals surface area contributed by atoms with Gasteiger partial charge in [-0.15, -0.1) is 0 Å². The minimum absolute atomic E-state index is 0.0411. The molecule has 1 fully saturated rings. The van der Waals surface area contributed by atoms with Crippen LogP contribution >= 0.6 is 0 Å². The second-order valence-corrected chi connectivity index (χ2v) is 6.03. The maximum absolute atomic E-state index is 13.9. The Balaban J connectivity index is 1.94. The fraction of sp³-hybridized carbons (Fsp3) is 0.600. The van der Waals surface area contributed by atoms with E-state index in [4.69, 9.17) is 5.11 Å². The van der Waals surface area contributed by atoms with Crippen LogP contribution in [-0.2, 0) is 4.79 Å². The molecule has 1 aliphatic rings. The number of urea groups is 1. The molecule has 1 saturated heterocycles. The molecule has 3 N–H and O–H groups in total. The average Bonchev–Trinajstić information content (AvgIpc) is 2.93. The molecule has 0 unspecified atom stereocenters. The summed E-state index contributed by atoms with van der Waals surface area (Å²) in [6.45, 7) is 0.483. The van der Waals surface area contributed by atoms with Crippen molar-refractivity contribution in [2.24, 2.45) is 0 Å². The van der Waals surface area contributed by atoms with Crippen LogP contribution in [0, 0.1) is 0 Å². The first-order chi connectivity index (χ1) is 11.9. The highest BCUT2D eigenvalue weighted by molar-refractivity contribution is 5.75. The molecule has 0 spiro atoms. The molecule has 0 radical (unpaired) electrons. The molecule has 2 heterocycles. The van der Waals surface area contributed by atoms with E-state index in [1.807, 2.05) is 19.0 Å². The van der Waals surface area contributed by atoms with Crippen molar-refractivity contribution in [1.82, 2.24) is 20.6 Å². The number of nitrogens with one attached hydrogen (secondary N) is 2. The molecule has 25 heavy (non-hydrogen) atoms. The quantitative estimate of drug-likeness (QED) is 0.643. The molecule has 2 rings (SSSR count). The van der Waals surface area contributed by atoms with E-state index in [1.165, 1.54) is 0 Å². The lowest BCUT2D eigenvalue weighted by Crippen LogP contribution is -2.44. The summed E-state index contributed by atoms with van der Waals surface area (Å²) in [6, 6.07) is 1.01. The lowest BCUT2D eigenvalue weighted by molar-refractivity contribution is -0.136. The summed E-state index contributed by atoms with van der Waals surface area (Å²) in [5.41, 5.74) is 0. The van der Waals surface area contributed by atoms with Gasteiger partial charge in [0.2, 0.25) is 5.95 Å². The molecule has 0 aliphatic carbocycles. The standard InChI is InChI=1S/C15H23FN6O3/c1-21(2)14-17-5-3-12(20-14)22-9-10(16)7-11(22)8-19-15(25)18-6-4-13(23)24/h3,5,10-11H,4,6-9H2,1-2H3,(H,23,24)(H2,18,19,25)/t10-,11-/m0/s1. The third-order valence-electron chi connectivity index (χ3n) is 3.81.